The summed E-state index contributed by atoms with van der Waals surface area (Å²) in [5.41, 5.74) is 8.55. The second kappa shape index (κ2) is 9.19. The van der Waals surface area contributed by atoms with Gasteiger partial charge in [0.25, 0.3) is 0 Å². The van der Waals surface area contributed by atoms with Gasteiger partial charge in [-0.25, -0.2) is 4.98 Å². The minimum absolute atomic E-state index is 0.469. The third kappa shape index (κ3) is 5.04. The number of nitriles is 1. The van der Waals surface area contributed by atoms with Crippen molar-refractivity contribution >= 4 is 34.0 Å². The Bertz CT molecular complexity index is 1100. The van der Waals surface area contributed by atoms with Gasteiger partial charge in [0.15, 0.2) is 0 Å². The van der Waals surface area contributed by atoms with E-state index >= 15 is 0 Å². The van der Waals surface area contributed by atoms with Crippen LogP contribution < -0.4 is 21.3 Å². The zero-order chi connectivity index (χ0) is 21.8. The minimum Gasteiger partial charge on any atom is -0.399 e. The maximum Gasteiger partial charge on any atom is 0.229 e. The SMILES string of the molecule is CC(C)CCNC1CCN(c2nc(Nc3cc(N)cc(C#N)c3)nc3ccccc23)C1. The summed E-state index contributed by atoms with van der Waals surface area (Å²) < 4.78 is 0. The molecule has 1 aliphatic heterocycles. The first-order valence-corrected chi connectivity index (χ1v) is 10.8. The molecule has 0 saturated carbocycles. The molecule has 7 heteroatoms. The third-order valence-electron chi connectivity index (χ3n) is 5.57. The van der Waals surface area contributed by atoms with Gasteiger partial charge in [-0.3, -0.25) is 0 Å². The van der Waals surface area contributed by atoms with Crippen LogP contribution >= 0.6 is 0 Å². The lowest BCUT2D eigenvalue weighted by Crippen LogP contribution is -2.33. The Morgan fingerprint density at radius 2 is 2.06 bits per heavy atom. The predicted molar refractivity (Wildman–Crippen MR) is 126 cm³/mol. The highest BCUT2D eigenvalue weighted by Gasteiger charge is 2.25. The van der Waals surface area contributed by atoms with Crippen LogP contribution in [-0.2, 0) is 0 Å². The number of aromatic nitrogens is 2. The molecule has 1 fully saturated rings. The minimum atomic E-state index is 0.469. The van der Waals surface area contributed by atoms with E-state index in [2.05, 4.69) is 46.5 Å². The average molecular weight is 416 g/mol. The Morgan fingerprint density at radius 3 is 2.87 bits per heavy atom. The van der Waals surface area contributed by atoms with E-state index in [4.69, 9.17) is 10.7 Å². The second-order valence-corrected chi connectivity index (χ2v) is 8.54. The average Bonchev–Trinajstić information content (AvgIpc) is 3.21. The van der Waals surface area contributed by atoms with Crippen molar-refractivity contribution in [2.75, 3.05) is 35.6 Å². The molecule has 0 radical (unpaired) electrons. The first kappa shape index (κ1) is 20.9. The molecule has 1 saturated heterocycles. The zero-order valence-corrected chi connectivity index (χ0v) is 18.1. The Balaban J connectivity index is 1.59. The molecule has 1 aliphatic rings. The molecule has 2 aromatic carbocycles. The number of anilines is 4. The van der Waals surface area contributed by atoms with Crippen molar-refractivity contribution in [1.82, 2.24) is 15.3 Å². The summed E-state index contributed by atoms with van der Waals surface area (Å²) in [6.07, 6.45) is 2.28. The first-order chi connectivity index (χ1) is 15.0. The summed E-state index contributed by atoms with van der Waals surface area (Å²) in [5, 5.41) is 17.2. The van der Waals surface area contributed by atoms with Crippen molar-refractivity contribution in [3.63, 3.8) is 0 Å². The number of rotatable bonds is 7. The van der Waals surface area contributed by atoms with E-state index in [1.807, 2.05) is 18.2 Å². The molecule has 2 heterocycles. The largest absolute Gasteiger partial charge is 0.399 e. The topological polar surface area (TPSA) is 103 Å². The van der Waals surface area contributed by atoms with Crippen molar-refractivity contribution in [2.45, 2.75) is 32.7 Å². The molecule has 7 nitrogen and oxygen atoms in total. The summed E-state index contributed by atoms with van der Waals surface area (Å²) in [6, 6.07) is 15.9. The fraction of sp³-hybridized carbons (Fsp3) is 0.375. The van der Waals surface area contributed by atoms with Crippen LogP contribution in [-0.4, -0.2) is 35.6 Å². The normalized spacial score (nSPS) is 16.1. The van der Waals surface area contributed by atoms with E-state index < -0.39 is 0 Å². The Morgan fingerprint density at radius 1 is 1.23 bits per heavy atom. The number of fused-ring (bicyclic) bond motifs is 1. The Labute approximate surface area is 183 Å². The van der Waals surface area contributed by atoms with Crippen LogP contribution in [0.5, 0.6) is 0 Å². The van der Waals surface area contributed by atoms with Gasteiger partial charge in [0, 0.05) is 35.9 Å². The standard InChI is InChI=1S/C24H29N7/c1-16(2)7-9-27-19-8-10-31(15-19)23-21-5-3-4-6-22(21)29-24(30-23)28-20-12-17(14-25)11-18(26)13-20/h3-6,11-13,16,19,27H,7-10,15,26H2,1-2H3,(H,28,29,30). The molecule has 160 valence electrons. The highest BCUT2D eigenvalue weighted by atomic mass is 15.3. The molecule has 4 N–H and O–H groups in total. The van der Waals surface area contributed by atoms with E-state index in [0.29, 0.717) is 34.8 Å². The van der Waals surface area contributed by atoms with Gasteiger partial charge in [-0.05, 0) is 55.6 Å². The van der Waals surface area contributed by atoms with Gasteiger partial charge in [0.1, 0.15) is 5.82 Å². The lowest BCUT2D eigenvalue weighted by atomic mass is 10.1. The monoisotopic (exact) mass is 415 g/mol. The van der Waals surface area contributed by atoms with E-state index in [-0.39, 0.29) is 0 Å². The number of para-hydroxylation sites is 1. The van der Waals surface area contributed by atoms with Gasteiger partial charge in [0.2, 0.25) is 5.95 Å². The van der Waals surface area contributed by atoms with Crippen LogP contribution in [0.15, 0.2) is 42.5 Å². The number of hydrogen-bond donors (Lipinski definition) is 3. The maximum absolute atomic E-state index is 9.22. The van der Waals surface area contributed by atoms with E-state index in [1.165, 1.54) is 6.42 Å². The van der Waals surface area contributed by atoms with Crippen molar-refractivity contribution in [1.29, 1.82) is 5.26 Å². The van der Waals surface area contributed by atoms with Crippen molar-refractivity contribution in [3.05, 3.63) is 48.0 Å². The fourth-order valence-corrected chi connectivity index (χ4v) is 3.97. The van der Waals surface area contributed by atoms with Gasteiger partial charge < -0.3 is 21.3 Å². The van der Waals surface area contributed by atoms with Gasteiger partial charge in [-0.2, -0.15) is 10.2 Å². The molecule has 1 unspecified atom stereocenters. The highest BCUT2D eigenvalue weighted by Crippen LogP contribution is 2.29. The molecule has 0 amide bonds. The van der Waals surface area contributed by atoms with Crippen LogP contribution in [0.2, 0.25) is 0 Å². The van der Waals surface area contributed by atoms with E-state index in [9.17, 15) is 5.26 Å². The molecule has 1 atom stereocenters. The number of nitrogens with two attached hydrogens (primary N) is 1. The van der Waals surface area contributed by atoms with Crippen molar-refractivity contribution < 1.29 is 0 Å². The second-order valence-electron chi connectivity index (χ2n) is 8.54. The molecule has 3 aromatic rings. The predicted octanol–water partition coefficient (Wildman–Crippen LogP) is 4.04. The first-order valence-electron chi connectivity index (χ1n) is 10.8. The van der Waals surface area contributed by atoms with Crippen LogP contribution in [0.3, 0.4) is 0 Å². The molecule has 1 aromatic heterocycles. The van der Waals surface area contributed by atoms with Crippen LogP contribution in [0.1, 0.15) is 32.3 Å². The van der Waals surface area contributed by atoms with Gasteiger partial charge >= 0.3 is 0 Å². The quantitative estimate of drug-likeness (QED) is 0.500. The van der Waals surface area contributed by atoms with Crippen molar-refractivity contribution in [2.24, 2.45) is 5.92 Å². The van der Waals surface area contributed by atoms with Gasteiger partial charge in [-0.1, -0.05) is 26.0 Å². The zero-order valence-electron chi connectivity index (χ0n) is 18.1. The Hall–Kier alpha value is -3.37. The molecule has 31 heavy (non-hydrogen) atoms. The lowest BCUT2D eigenvalue weighted by molar-refractivity contribution is 0.488. The fourth-order valence-electron chi connectivity index (χ4n) is 3.97. The number of nitrogens with zero attached hydrogens (tertiary/aromatic N) is 4. The van der Waals surface area contributed by atoms with Crippen LogP contribution in [0.25, 0.3) is 10.9 Å². The summed E-state index contributed by atoms with van der Waals surface area (Å²) >= 11 is 0. The van der Waals surface area contributed by atoms with E-state index in [0.717, 1.165) is 42.8 Å². The summed E-state index contributed by atoms with van der Waals surface area (Å²) in [4.78, 5) is 11.9. The lowest BCUT2D eigenvalue weighted by Gasteiger charge is -2.21. The number of hydrogen-bond acceptors (Lipinski definition) is 7. The summed E-state index contributed by atoms with van der Waals surface area (Å²) in [6.45, 7) is 7.43. The molecule has 0 bridgehead atoms. The van der Waals surface area contributed by atoms with Crippen molar-refractivity contribution in [3.8, 4) is 6.07 Å². The van der Waals surface area contributed by atoms with Crippen LogP contribution in [0, 0.1) is 17.2 Å². The highest BCUT2D eigenvalue weighted by molar-refractivity contribution is 5.91. The van der Waals surface area contributed by atoms with Gasteiger partial charge in [-0.15, -0.1) is 0 Å². The van der Waals surface area contributed by atoms with E-state index in [1.54, 1.807) is 18.2 Å². The van der Waals surface area contributed by atoms with Gasteiger partial charge in [0.05, 0.1) is 17.1 Å². The smallest absolute Gasteiger partial charge is 0.229 e. The molecule has 0 aliphatic carbocycles. The van der Waals surface area contributed by atoms with Crippen LogP contribution in [0.4, 0.5) is 23.1 Å². The molecular weight excluding hydrogens is 386 g/mol. The Kier molecular flexibility index (Phi) is 6.19. The molecule has 0 spiro atoms. The molecule has 4 rings (SSSR count). The summed E-state index contributed by atoms with van der Waals surface area (Å²) in [5.74, 6) is 2.14. The third-order valence-corrected chi connectivity index (χ3v) is 5.57. The number of nitrogens with one attached hydrogen (secondary N) is 2. The maximum atomic E-state index is 9.22. The number of nitrogen functional groups attached to an aromatic ring is 1. The summed E-state index contributed by atoms with van der Waals surface area (Å²) in [7, 11) is 0. The molecular formula is C24H29N7. The number of benzene rings is 2.